The molecule has 7 heteroatoms. The third-order valence-corrected chi connectivity index (χ3v) is 11.9. The Kier molecular flexibility index (Phi) is 6.78. The molecule has 4 aromatic carbocycles. The van der Waals surface area contributed by atoms with Crippen molar-refractivity contribution in [3.63, 3.8) is 0 Å². The standard InChI is InChI=1S/C31H31N3O3Si/c1-31(2,3)38(23-14-6-4-7-15-23,24-16-8-5-9-17-24)37-27-20-11-10-13-22(27)21-32-26-19-12-18-25-28(26)30(36)34-33-29(25)35/h4-20,32H,21H2,1-3H3,(H,33,35)(H,34,36). The van der Waals surface area contributed by atoms with E-state index in [1.165, 1.54) is 10.4 Å². The lowest BCUT2D eigenvalue weighted by molar-refractivity contribution is 0.503. The molecule has 1 aromatic heterocycles. The zero-order valence-corrected chi connectivity index (χ0v) is 22.7. The fraction of sp³-hybridized carbons (Fsp3) is 0.161. The molecule has 0 fully saturated rings. The monoisotopic (exact) mass is 521 g/mol. The number of H-pyrrole nitrogens is 2. The van der Waals surface area contributed by atoms with Crippen molar-refractivity contribution in [3.8, 4) is 5.75 Å². The maximum absolute atomic E-state index is 12.6. The molecule has 0 saturated carbocycles. The number of fused-ring (bicyclic) bond motifs is 1. The van der Waals surface area contributed by atoms with Crippen LogP contribution in [-0.4, -0.2) is 18.5 Å². The Labute approximate surface area is 222 Å². The van der Waals surface area contributed by atoms with E-state index in [-0.39, 0.29) is 16.2 Å². The summed E-state index contributed by atoms with van der Waals surface area (Å²) in [5.41, 5.74) is 0.868. The second kappa shape index (κ2) is 10.2. The fourth-order valence-corrected chi connectivity index (χ4v) is 9.59. The summed E-state index contributed by atoms with van der Waals surface area (Å²) >= 11 is 0. The summed E-state index contributed by atoms with van der Waals surface area (Å²) in [5, 5.41) is 11.1. The molecule has 5 aromatic rings. The van der Waals surface area contributed by atoms with Crippen molar-refractivity contribution in [2.24, 2.45) is 0 Å². The van der Waals surface area contributed by atoms with Gasteiger partial charge in [0.1, 0.15) is 5.75 Å². The summed E-state index contributed by atoms with van der Waals surface area (Å²) in [6.45, 7) is 7.17. The molecule has 6 nitrogen and oxygen atoms in total. The Morgan fingerprint density at radius 3 is 1.92 bits per heavy atom. The predicted molar refractivity (Wildman–Crippen MR) is 157 cm³/mol. The highest BCUT2D eigenvalue weighted by atomic mass is 28.4. The molecule has 38 heavy (non-hydrogen) atoms. The maximum atomic E-state index is 12.6. The minimum absolute atomic E-state index is 0.180. The maximum Gasteiger partial charge on any atom is 0.319 e. The average molecular weight is 522 g/mol. The number of hydrogen-bond donors (Lipinski definition) is 3. The molecule has 0 unspecified atom stereocenters. The van der Waals surface area contributed by atoms with Gasteiger partial charge in [0.15, 0.2) is 0 Å². The molecule has 0 bridgehead atoms. The zero-order chi connectivity index (χ0) is 26.8. The van der Waals surface area contributed by atoms with Gasteiger partial charge in [0.2, 0.25) is 0 Å². The van der Waals surface area contributed by atoms with Crippen molar-refractivity contribution in [2.45, 2.75) is 32.4 Å². The summed E-state index contributed by atoms with van der Waals surface area (Å²) in [6.07, 6.45) is 0. The van der Waals surface area contributed by atoms with E-state index in [1.807, 2.05) is 42.5 Å². The second-order valence-corrected chi connectivity index (χ2v) is 14.6. The van der Waals surface area contributed by atoms with Gasteiger partial charge in [-0.25, -0.2) is 0 Å². The Morgan fingerprint density at radius 2 is 1.29 bits per heavy atom. The molecule has 192 valence electrons. The zero-order valence-electron chi connectivity index (χ0n) is 21.7. The van der Waals surface area contributed by atoms with Gasteiger partial charge in [-0.2, -0.15) is 0 Å². The molecular weight excluding hydrogens is 490 g/mol. The lowest BCUT2D eigenvalue weighted by Gasteiger charge is -2.43. The Hall–Kier alpha value is -4.36. The first-order valence-corrected chi connectivity index (χ1v) is 14.6. The summed E-state index contributed by atoms with van der Waals surface area (Å²) in [4.78, 5) is 24.8. The lowest BCUT2D eigenvalue weighted by Crippen LogP contribution is -2.68. The van der Waals surface area contributed by atoms with E-state index in [4.69, 9.17) is 4.43 Å². The van der Waals surface area contributed by atoms with Crippen LogP contribution >= 0.6 is 0 Å². The molecule has 0 spiro atoms. The van der Waals surface area contributed by atoms with E-state index in [0.29, 0.717) is 23.0 Å². The van der Waals surface area contributed by atoms with Crippen molar-refractivity contribution in [1.29, 1.82) is 0 Å². The minimum atomic E-state index is -2.82. The second-order valence-electron chi connectivity index (χ2n) is 10.4. The highest BCUT2D eigenvalue weighted by molar-refractivity contribution is 7.00. The summed E-state index contributed by atoms with van der Waals surface area (Å²) in [5.74, 6) is 0.793. The van der Waals surface area contributed by atoms with Gasteiger partial charge in [-0.15, -0.1) is 0 Å². The van der Waals surface area contributed by atoms with E-state index in [9.17, 15) is 9.59 Å². The SMILES string of the molecule is CC(C)(C)[Si](Oc1ccccc1CNc1cccc2c(=O)[nH][nH]c(=O)c12)(c1ccccc1)c1ccccc1. The average Bonchev–Trinajstić information content (AvgIpc) is 2.93. The topological polar surface area (TPSA) is 87.0 Å². The van der Waals surface area contributed by atoms with Gasteiger partial charge in [-0.1, -0.05) is 106 Å². The minimum Gasteiger partial charge on any atom is -0.534 e. The number of aromatic amines is 2. The predicted octanol–water partition coefficient (Wildman–Crippen LogP) is 4.77. The molecule has 0 aliphatic heterocycles. The summed E-state index contributed by atoms with van der Waals surface area (Å²) in [6, 6.07) is 34.3. The Morgan fingerprint density at radius 1 is 0.711 bits per heavy atom. The lowest BCUT2D eigenvalue weighted by atomic mass is 10.1. The number of para-hydroxylation sites is 1. The van der Waals surface area contributed by atoms with Crippen LogP contribution in [-0.2, 0) is 6.54 Å². The van der Waals surface area contributed by atoms with Gasteiger partial charge in [0.05, 0.1) is 10.8 Å². The van der Waals surface area contributed by atoms with Crippen LogP contribution in [0, 0.1) is 0 Å². The molecule has 3 N–H and O–H groups in total. The fourth-order valence-electron chi connectivity index (χ4n) is 5.13. The van der Waals surface area contributed by atoms with Crippen molar-refractivity contribution in [2.75, 3.05) is 5.32 Å². The molecule has 0 aliphatic rings. The quantitative estimate of drug-likeness (QED) is 0.269. The van der Waals surface area contributed by atoms with Gasteiger partial charge in [-0.3, -0.25) is 19.8 Å². The highest BCUT2D eigenvalue weighted by Gasteiger charge is 2.52. The van der Waals surface area contributed by atoms with Gasteiger partial charge in [-0.05, 0) is 33.6 Å². The van der Waals surface area contributed by atoms with Gasteiger partial charge in [0, 0.05) is 17.8 Å². The number of hydrogen-bond acceptors (Lipinski definition) is 4. The van der Waals surface area contributed by atoms with Crippen LogP contribution in [0.15, 0.2) is 113 Å². The van der Waals surface area contributed by atoms with Crippen LogP contribution in [0.5, 0.6) is 5.75 Å². The number of aromatic nitrogens is 2. The van der Waals surface area contributed by atoms with Crippen molar-refractivity contribution < 1.29 is 4.43 Å². The normalized spacial score (nSPS) is 11.9. The van der Waals surface area contributed by atoms with Crippen molar-refractivity contribution >= 4 is 35.2 Å². The largest absolute Gasteiger partial charge is 0.534 e. The molecule has 0 saturated heterocycles. The molecule has 0 radical (unpaired) electrons. The van der Waals surface area contributed by atoms with E-state index < -0.39 is 8.32 Å². The van der Waals surface area contributed by atoms with E-state index in [0.717, 1.165) is 11.3 Å². The molecule has 0 aliphatic carbocycles. The Balaban J connectivity index is 1.58. The van der Waals surface area contributed by atoms with Gasteiger partial charge >= 0.3 is 8.32 Å². The highest BCUT2D eigenvalue weighted by Crippen LogP contribution is 2.38. The van der Waals surface area contributed by atoms with Crippen molar-refractivity contribution in [3.05, 3.63) is 129 Å². The van der Waals surface area contributed by atoms with Crippen LogP contribution in [0.4, 0.5) is 5.69 Å². The summed E-state index contributed by atoms with van der Waals surface area (Å²) in [7, 11) is -2.82. The van der Waals surface area contributed by atoms with Gasteiger partial charge in [0.25, 0.3) is 11.1 Å². The molecule has 1 heterocycles. The molecule has 0 atom stereocenters. The smallest absolute Gasteiger partial charge is 0.319 e. The van der Waals surface area contributed by atoms with Crippen LogP contribution in [0.2, 0.25) is 5.04 Å². The van der Waals surface area contributed by atoms with Crippen molar-refractivity contribution in [1.82, 2.24) is 10.2 Å². The van der Waals surface area contributed by atoms with E-state index >= 15 is 0 Å². The Bertz CT molecular complexity index is 1630. The first-order valence-electron chi connectivity index (χ1n) is 12.7. The molecule has 5 rings (SSSR count). The number of anilines is 1. The van der Waals surface area contributed by atoms with Crippen LogP contribution in [0.3, 0.4) is 0 Å². The summed E-state index contributed by atoms with van der Waals surface area (Å²) < 4.78 is 7.26. The third kappa shape index (κ3) is 4.57. The first-order chi connectivity index (χ1) is 18.3. The van der Waals surface area contributed by atoms with Gasteiger partial charge < -0.3 is 9.74 Å². The van der Waals surface area contributed by atoms with E-state index in [1.54, 1.807) is 12.1 Å². The van der Waals surface area contributed by atoms with E-state index in [2.05, 4.69) is 84.8 Å². The van der Waals surface area contributed by atoms with Crippen LogP contribution in [0.25, 0.3) is 10.8 Å². The van der Waals surface area contributed by atoms with Crippen LogP contribution < -0.4 is 31.2 Å². The number of nitrogens with one attached hydrogen (secondary N) is 3. The molecular formula is C31H31N3O3Si. The molecule has 0 amide bonds. The number of rotatable bonds is 7. The van der Waals surface area contributed by atoms with Crippen LogP contribution in [0.1, 0.15) is 26.3 Å². The first kappa shape index (κ1) is 25.3. The number of benzene rings is 4. The third-order valence-electron chi connectivity index (χ3n) is 6.95.